The lowest BCUT2D eigenvalue weighted by Gasteiger charge is -2.36. The molecule has 2 aromatic rings. The zero-order valence-electron chi connectivity index (χ0n) is 16.4. The molecule has 1 atom stereocenters. The van der Waals surface area contributed by atoms with E-state index in [1.165, 1.54) is 12.1 Å². The third kappa shape index (κ3) is 3.68. The van der Waals surface area contributed by atoms with Crippen molar-refractivity contribution in [3.8, 4) is 0 Å². The summed E-state index contributed by atoms with van der Waals surface area (Å²) in [5, 5.41) is 8.51. The molecule has 4 rings (SSSR count). The molecule has 0 radical (unpaired) electrons. The van der Waals surface area contributed by atoms with Gasteiger partial charge >= 0.3 is 0 Å². The van der Waals surface area contributed by atoms with Crippen LogP contribution in [0.2, 0.25) is 0 Å². The Hall–Kier alpha value is -2.28. The average molecular weight is 387 g/mol. The molecule has 0 saturated carbocycles. The quantitative estimate of drug-likeness (QED) is 0.805. The van der Waals surface area contributed by atoms with E-state index in [0.29, 0.717) is 43.6 Å². The number of amides is 1. The van der Waals surface area contributed by atoms with Crippen molar-refractivity contribution in [2.24, 2.45) is 5.41 Å². The minimum absolute atomic E-state index is 0.00238. The van der Waals surface area contributed by atoms with Crippen LogP contribution in [0.4, 0.5) is 4.39 Å². The number of nitrogens with zero attached hydrogens (tertiary/aromatic N) is 3. The van der Waals surface area contributed by atoms with Crippen molar-refractivity contribution in [3.63, 3.8) is 0 Å². The van der Waals surface area contributed by atoms with Gasteiger partial charge in [0.1, 0.15) is 5.82 Å². The molecule has 1 aromatic carbocycles. The zero-order chi connectivity index (χ0) is 19.7. The van der Waals surface area contributed by atoms with Crippen molar-refractivity contribution in [2.45, 2.75) is 44.9 Å². The van der Waals surface area contributed by atoms with Crippen molar-refractivity contribution in [2.75, 3.05) is 26.3 Å². The van der Waals surface area contributed by atoms with Gasteiger partial charge in [-0.3, -0.25) is 4.79 Å². The number of hydrogen-bond acceptors (Lipinski definition) is 5. The monoisotopic (exact) mass is 387 g/mol. The first-order valence-corrected chi connectivity index (χ1v) is 9.90. The third-order valence-corrected chi connectivity index (χ3v) is 5.98. The zero-order valence-corrected chi connectivity index (χ0v) is 16.4. The summed E-state index contributed by atoms with van der Waals surface area (Å²) in [7, 11) is 0. The Balaban J connectivity index is 1.56. The summed E-state index contributed by atoms with van der Waals surface area (Å²) in [6.07, 6.45) is 1.92. The first kappa shape index (κ1) is 19.1. The van der Waals surface area contributed by atoms with Crippen molar-refractivity contribution in [3.05, 3.63) is 47.4 Å². The van der Waals surface area contributed by atoms with Gasteiger partial charge in [0.15, 0.2) is 0 Å². The highest BCUT2D eigenvalue weighted by Gasteiger charge is 2.51. The van der Waals surface area contributed by atoms with Gasteiger partial charge in [0.05, 0.1) is 12.3 Å². The van der Waals surface area contributed by atoms with Gasteiger partial charge in [-0.25, -0.2) is 4.39 Å². The van der Waals surface area contributed by atoms with E-state index in [4.69, 9.17) is 9.15 Å². The van der Waals surface area contributed by atoms with E-state index in [1.54, 1.807) is 12.1 Å². The number of carbonyl (C=O) groups excluding carboxylic acids is 1. The second kappa shape index (κ2) is 7.62. The maximum Gasteiger partial charge on any atom is 0.227 e. The summed E-state index contributed by atoms with van der Waals surface area (Å²) in [4.78, 5) is 14.8. The van der Waals surface area contributed by atoms with Crippen LogP contribution >= 0.6 is 0 Å². The lowest BCUT2D eigenvalue weighted by molar-refractivity contribution is -0.130. The van der Waals surface area contributed by atoms with E-state index in [1.807, 2.05) is 18.7 Å². The third-order valence-electron chi connectivity index (χ3n) is 5.98. The fourth-order valence-corrected chi connectivity index (χ4v) is 4.34. The molecular weight excluding hydrogens is 361 g/mol. The number of aromatic nitrogens is 2. The van der Waals surface area contributed by atoms with Crippen molar-refractivity contribution >= 4 is 5.91 Å². The molecule has 1 aromatic heterocycles. The van der Waals surface area contributed by atoms with Crippen molar-refractivity contribution < 1.29 is 18.3 Å². The highest BCUT2D eigenvalue weighted by molar-refractivity contribution is 5.79. The number of rotatable bonds is 4. The molecule has 2 fully saturated rings. The van der Waals surface area contributed by atoms with Crippen LogP contribution in [-0.4, -0.2) is 47.3 Å². The van der Waals surface area contributed by atoms with Gasteiger partial charge in [0.2, 0.25) is 17.7 Å². The van der Waals surface area contributed by atoms with Gasteiger partial charge < -0.3 is 14.1 Å². The number of ether oxygens (including phenoxy) is 1. The molecule has 0 aliphatic carbocycles. The predicted octanol–water partition coefficient (Wildman–Crippen LogP) is 3.30. The molecule has 1 amide bonds. The van der Waals surface area contributed by atoms with Gasteiger partial charge in [-0.2, -0.15) is 0 Å². The molecule has 28 heavy (non-hydrogen) atoms. The lowest BCUT2D eigenvalue weighted by atomic mass is 9.72. The second-order valence-corrected chi connectivity index (χ2v) is 8.24. The summed E-state index contributed by atoms with van der Waals surface area (Å²) in [5.41, 5.74) is 0.589. The van der Waals surface area contributed by atoms with E-state index in [9.17, 15) is 9.18 Å². The maximum atomic E-state index is 13.5. The topological polar surface area (TPSA) is 68.5 Å². The Morgan fingerprint density at radius 3 is 2.79 bits per heavy atom. The largest absolute Gasteiger partial charge is 0.425 e. The molecule has 2 aliphatic rings. The van der Waals surface area contributed by atoms with Gasteiger partial charge in [-0.1, -0.05) is 26.0 Å². The highest BCUT2D eigenvalue weighted by Crippen LogP contribution is 2.49. The number of benzene rings is 1. The minimum atomic E-state index is -0.322. The molecule has 2 saturated heterocycles. The number of likely N-dealkylation sites (tertiary alicyclic amines) is 1. The SMILES string of the molecule is CC(C)c1nnc(C2CN(C(=O)Cc3cccc(F)c3)CC23CCOCC3)o1. The molecule has 6 nitrogen and oxygen atoms in total. The summed E-state index contributed by atoms with van der Waals surface area (Å²) >= 11 is 0. The van der Waals surface area contributed by atoms with Crippen molar-refractivity contribution in [1.29, 1.82) is 0 Å². The van der Waals surface area contributed by atoms with Gasteiger partial charge in [-0.15, -0.1) is 10.2 Å². The molecule has 0 bridgehead atoms. The van der Waals surface area contributed by atoms with E-state index in [-0.39, 0.29) is 35.4 Å². The van der Waals surface area contributed by atoms with Crippen LogP contribution in [-0.2, 0) is 16.0 Å². The second-order valence-electron chi connectivity index (χ2n) is 8.24. The van der Waals surface area contributed by atoms with Crippen LogP contribution in [0.15, 0.2) is 28.7 Å². The summed E-state index contributed by atoms with van der Waals surface area (Å²) in [6, 6.07) is 6.23. The van der Waals surface area contributed by atoms with Crippen LogP contribution in [0, 0.1) is 11.2 Å². The van der Waals surface area contributed by atoms with Crippen LogP contribution in [0.5, 0.6) is 0 Å². The number of halogens is 1. The Labute approximate surface area is 164 Å². The Bertz CT molecular complexity index is 845. The van der Waals surface area contributed by atoms with Crippen LogP contribution in [0.3, 0.4) is 0 Å². The fraction of sp³-hybridized carbons (Fsp3) is 0.571. The Morgan fingerprint density at radius 2 is 2.11 bits per heavy atom. The van der Waals surface area contributed by atoms with E-state index in [0.717, 1.165) is 12.8 Å². The smallest absolute Gasteiger partial charge is 0.227 e. The van der Waals surface area contributed by atoms with Crippen LogP contribution in [0.25, 0.3) is 0 Å². The Kier molecular flexibility index (Phi) is 5.19. The fourth-order valence-electron chi connectivity index (χ4n) is 4.34. The maximum absolute atomic E-state index is 13.5. The summed E-state index contributed by atoms with van der Waals surface area (Å²) in [5.74, 6) is 1.10. The van der Waals surface area contributed by atoms with E-state index < -0.39 is 0 Å². The molecule has 1 spiro atoms. The first-order valence-electron chi connectivity index (χ1n) is 9.90. The van der Waals surface area contributed by atoms with Gasteiger partial charge in [0, 0.05) is 37.6 Å². The molecule has 3 heterocycles. The van der Waals surface area contributed by atoms with Crippen LogP contribution in [0.1, 0.15) is 55.9 Å². The summed E-state index contributed by atoms with van der Waals surface area (Å²) in [6.45, 7) is 6.58. The minimum Gasteiger partial charge on any atom is -0.425 e. The van der Waals surface area contributed by atoms with E-state index >= 15 is 0 Å². The van der Waals surface area contributed by atoms with E-state index in [2.05, 4.69) is 10.2 Å². The molecular formula is C21H26FN3O3. The highest BCUT2D eigenvalue weighted by atomic mass is 19.1. The standard InChI is InChI=1S/C21H26FN3O3/c1-14(2)19-23-24-20(28-19)17-12-25(13-21(17)6-8-27-9-7-21)18(26)11-15-4-3-5-16(22)10-15/h3-5,10,14,17H,6-9,11-13H2,1-2H3. The molecule has 2 aliphatic heterocycles. The van der Waals surface area contributed by atoms with Gasteiger partial charge in [0.25, 0.3) is 0 Å². The molecule has 0 N–H and O–H groups in total. The molecule has 150 valence electrons. The normalized spacial score (nSPS) is 21.6. The number of hydrogen-bond donors (Lipinski definition) is 0. The Morgan fingerprint density at radius 1 is 1.32 bits per heavy atom. The predicted molar refractivity (Wildman–Crippen MR) is 100 cm³/mol. The lowest BCUT2D eigenvalue weighted by Crippen LogP contribution is -2.37. The molecule has 1 unspecified atom stereocenters. The summed E-state index contributed by atoms with van der Waals surface area (Å²) < 4.78 is 25.0. The molecule has 7 heteroatoms. The van der Waals surface area contributed by atoms with Gasteiger partial charge in [-0.05, 0) is 30.5 Å². The number of carbonyl (C=O) groups is 1. The average Bonchev–Trinajstić information content (AvgIpc) is 3.28. The first-order chi connectivity index (χ1) is 13.5. The van der Waals surface area contributed by atoms with Crippen LogP contribution < -0.4 is 0 Å². The van der Waals surface area contributed by atoms with Crippen molar-refractivity contribution in [1.82, 2.24) is 15.1 Å².